The van der Waals surface area contributed by atoms with E-state index < -0.39 is 6.10 Å². The van der Waals surface area contributed by atoms with Crippen LogP contribution < -0.4 is 0 Å². The number of hydrogen-bond donors (Lipinski definition) is 1. The molecule has 0 aliphatic heterocycles. The average Bonchev–Trinajstić information content (AvgIpc) is 3.00. The van der Waals surface area contributed by atoms with Gasteiger partial charge in [-0.2, -0.15) is 5.26 Å². The molecule has 2 aromatic heterocycles. The van der Waals surface area contributed by atoms with Gasteiger partial charge in [-0.1, -0.05) is 6.07 Å². The fourth-order valence-electron chi connectivity index (χ4n) is 1.39. The largest absolute Gasteiger partial charge is 0.389 e. The van der Waals surface area contributed by atoms with Gasteiger partial charge in [-0.25, -0.2) is 9.67 Å². The predicted molar refractivity (Wildman–Crippen MR) is 64.7 cm³/mol. The third-order valence-corrected chi connectivity index (χ3v) is 3.02. The molecule has 0 radical (unpaired) electrons. The Morgan fingerprint density at radius 1 is 1.61 bits per heavy atom. The first-order valence-electron chi connectivity index (χ1n) is 5.35. The number of ether oxygens (including phenoxy) is 1. The van der Waals surface area contributed by atoms with Crippen molar-refractivity contribution >= 4 is 11.3 Å². The molecule has 1 atom stereocenters. The number of nitriles is 1. The van der Waals surface area contributed by atoms with E-state index in [-0.39, 0.29) is 19.0 Å². The molecule has 2 rings (SSSR count). The smallest absolute Gasteiger partial charge is 0.252 e. The van der Waals surface area contributed by atoms with E-state index in [4.69, 9.17) is 10.00 Å². The topological polar surface area (TPSA) is 84.0 Å². The lowest BCUT2D eigenvalue weighted by Crippen LogP contribution is -2.22. The van der Waals surface area contributed by atoms with Gasteiger partial charge >= 0.3 is 0 Å². The molecule has 18 heavy (non-hydrogen) atoms. The maximum atomic E-state index is 9.72. The third kappa shape index (κ3) is 3.63. The quantitative estimate of drug-likeness (QED) is 0.833. The van der Waals surface area contributed by atoms with E-state index >= 15 is 0 Å². The van der Waals surface area contributed by atoms with Crippen LogP contribution in [0.25, 0.3) is 0 Å². The number of rotatable bonds is 6. The Bertz CT molecular complexity index is 517. The van der Waals surface area contributed by atoms with Crippen LogP contribution in [-0.2, 0) is 17.9 Å². The monoisotopic (exact) mass is 264 g/mol. The normalized spacial score (nSPS) is 12.2. The molecule has 94 valence electrons. The fourth-order valence-corrected chi connectivity index (χ4v) is 2.03. The molecule has 0 saturated carbocycles. The molecule has 0 aliphatic rings. The van der Waals surface area contributed by atoms with Crippen molar-refractivity contribution in [3.63, 3.8) is 0 Å². The molecule has 0 fully saturated rings. The Balaban J connectivity index is 1.72. The summed E-state index contributed by atoms with van der Waals surface area (Å²) in [5, 5.41) is 24.1. The minimum absolute atomic E-state index is 0.0988. The van der Waals surface area contributed by atoms with Crippen molar-refractivity contribution in [2.24, 2.45) is 0 Å². The van der Waals surface area contributed by atoms with Gasteiger partial charge in [-0.05, 0) is 11.4 Å². The maximum Gasteiger partial charge on any atom is 0.252 e. The van der Waals surface area contributed by atoms with Crippen LogP contribution in [0.5, 0.6) is 0 Å². The van der Waals surface area contributed by atoms with E-state index in [1.807, 2.05) is 23.6 Å². The lowest BCUT2D eigenvalue weighted by molar-refractivity contribution is 0.0195. The lowest BCUT2D eigenvalue weighted by Gasteiger charge is -2.10. The van der Waals surface area contributed by atoms with Crippen molar-refractivity contribution in [3.05, 3.63) is 34.5 Å². The van der Waals surface area contributed by atoms with Crippen molar-refractivity contribution in [1.82, 2.24) is 14.8 Å². The Hall–Kier alpha value is -1.75. The molecule has 0 aromatic carbocycles. The van der Waals surface area contributed by atoms with E-state index in [1.165, 1.54) is 11.0 Å². The van der Waals surface area contributed by atoms with Gasteiger partial charge in [0.25, 0.3) is 5.82 Å². The second-order valence-corrected chi connectivity index (χ2v) is 4.68. The summed E-state index contributed by atoms with van der Waals surface area (Å²) < 4.78 is 6.81. The summed E-state index contributed by atoms with van der Waals surface area (Å²) in [5.41, 5.74) is 0. The molecular formula is C11H12N4O2S. The highest BCUT2D eigenvalue weighted by atomic mass is 32.1. The lowest BCUT2D eigenvalue weighted by atomic mass is 10.4. The molecule has 0 saturated heterocycles. The van der Waals surface area contributed by atoms with Gasteiger partial charge in [0.05, 0.1) is 25.9 Å². The summed E-state index contributed by atoms with van der Waals surface area (Å²) in [6.45, 7) is 0.980. The summed E-state index contributed by atoms with van der Waals surface area (Å²) in [6, 6.07) is 5.76. The van der Waals surface area contributed by atoms with Gasteiger partial charge < -0.3 is 9.84 Å². The van der Waals surface area contributed by atoms with Gasteiger partial charge in [0.2, 0.25) is 0 Å². The number of hydrogen-bond acceptors (Lipinski definition) is 6. The number of aliphatic hydroxyl groups is 1. The molecular weight excluding hydrogens is 252 g/mol. The molecule has 1 N–H and O–H groups in total. The van der Waals surface area contributed by atoms with Gasteiger partial charge in [0.15, 0.2) is 0 Å². The van der Waals surface area contributed by atoms with Crippen LogP contribution in [0.4, 0.5) is 0 Å². The molecule has 0 unspecified atom stereocenters. The first-order chi connectivity index (χ1) is 8.78. The van der Waals surface area contributed by atoms with Crippen molar-refractivity contribution in [2.75, 3.05) is 6.61 Å². The fraction of sp³-hybridized carbons (Fsp3) is 0.364. The van der Waals surface area contributed by atoms with E-state index in [9.17, 15) is 5.11 Å². The van der Waals surface area contributed by atoms with Crippen molar-refractivity contribution in [2.45, 2.75) is 19.3 Å². The molecule has 0 spiro atoms. The highest BCUT2D eigenvalue weighted by Gasteiger charge is 2.08. The number of thiophene rings is 1. The van der Waals surface area contributed by atoms with Crippen molar-refractivity contribution < 1.29 is 9.84 Å². The Labute approximate surface area is 108 Å². The molecule has 7 heteroatoms. The Morgan fingerprint density at radius 3 is 3.17 bits per heavy atom. The van der Waals surface area contributed by atoms with E-state index in [2.05, 4.69) is 10.1 Å². The van der Waals surface area contributed by atoms with Gasteiger partial charge in [-0.15, -0.1) is 16.4 Å². The van der Waals surface area contributed by atoms with Crippen molar-refractivity contribution in [1.29, 1.82) is 5.26 Å². The van der Waals surface area contributed by atoms with Crippen LogP contribution >= 0.6 is 11.3 Å². The third-order valence-electron chi connectivity index (χ3n) is 2.17. The molecule has 2 aromatic rings. The summed E-state index contributed by atoms with van der Waals surface area (Å²) >= 11 is 1.61. The van der Waals surface area contributed by atoms with Crippen LogP contribution in [0, 0.1) is 11.3 Å². The van der Waals surface area contributed by atoms with Crippen molar-refractivity contribution in [3.8, 4) is 6.07 Å². The molecule has 2 heterocycles. The number of aliphatic hydroxyl groups excluding tert-OH is 1. The number of nitrogens with zero attached hydrogens (tertiary/aromatic N) is 4. The van der Waals surface area contributed by atoms with Gasteiger partial charge in [0.1, 0.15) is 12.4 Å². The number of aromatic nitrogens is 3. The van der Waals surface area contributed by atoms with Gasteiger partial charge in [-0.3, -0.25) is 0 Å². The first kappa shape index (κ1) is 12.7. The zero-order chi connectivity index (χ0) is 12.8. The SMILES string of the molecule is N#Cc1ncn(C[C@@H](O)COCc2cccs2)n1. The minimum atomic E-state index is -0.668. The predicted octanol–water partition coefficient (Wildman–Crippen LogP) is 0.789. The first-order valence-corrected chi connectivity index (χ1v) is 6.23. The summed E-state index contributed by atoms with van der Waals surface area (Å²) in [6.07, 6.45) is 0.749. The van der Waals surface area contributed by atoms with E-state index in [0.717, 1.165) is 4.88 Å². The van der Waals surface area contributed by atoms with Crippen LogP contribution in [0.1, 0.15) is 10.7 Å². The highest BCUT2D eigenvalue weighted by Crippen LogP contribution is 2.09. The second kappa shape index (κ2) is 6.26. The highest BCUT2D eigenvalue weighted by molar-refractivity contribution is 7.09. The van der Waals surface area contributed by atoms with Gasteiger partial charge in [0, 0.05) is 4.88 Å². The molecule has 0 amide bonds. The standard InChI is InChI=1S/C11H12N4O2S/c12-4-11-13-8-15(14-11)5-9(16)6-17-7-10-2-1-3-18-10/h1-3,8-9,16H,5-7H2/t9-/m1/s1. The summed E-state index contributed by atoms with van der Waals surface area (Å²) in [5.74, 6) is 0.0988. The average molecular weight is 264 g/mol. The van der Waals surface area contributed by atoms with Crippen LogP contribution in [0.15, 0.2) is 23.8 Å². The maximum absolute atomic E-state index is 9.72. The van der Waals surface area contributed by atoms with Crippen LogP contribution in [-0.4, -0.2) is 32.6 Å². The van der Waals surface area contributed by atoms with E-state index in [1.54, 1.807) is 11.3 Å². The minimum Gasteiger partial charge on any atom is -0.389 e. The zero-order valence-electron chi connectivity index (χ0n) is 9.56. The van der Waals surface area contributed by atoms with Crippen LogP contribution in [0.3, 0.4) is 0 Å². The zero-order valence-corrected chi connectivity index (χ0v) is 10.4. The van der Waals surface area contributed by atoms with E-state index in [0.29, 0.717) is 6.61 Å². The summed E-state index contributed by atoms with van der Waals surface area (Å²) in [4.78, 5) is 4.87. The Morgan fingerprint density at radius 2 is 2.50 bits per heavy atom. The molecule has 0 aliphatic carbocycles. The molecule has 0 bridgehead atoms. The van der Waals surface area contributed by atoms with Crippen LogP contribution in [0.2, 0.25) is 0 Å². The molecule has 6 nitrogen and oxygen atoms in total. The summed E-state index contributed by atoms with van der Waals surface area (Å²) in [7, 11) is 0. The Kier molecular flexibility index (Phi) is 4.41. The second-order valence-electron chi connectivity index (χ2n) is 3.65.